The van der Waals surface area contributed by atoms with Crippen molar-refractivity contribution in [3.63, 3.8) is 0 Å². The summed E-state index contributed by atoms with van der Waals surface area (Å²) in [6, 6.07) is 7.36. The van der Waals surface area contributed by atoms with Crippen LogP contribution in [0.4, 0.5) is 0 Å². The van der Waals surface area contributed by atoms with Crippen molar-refractivity contribution in [3.05, 3.63) is 29.8 Å². The van der Waals surface area contributed by atoms with Crippen LogP contribution in [-0.2, 0) is 0 Å². The number of Topliss-reactive ketones (excluding diaryl/α,β-unsaturated/α-hetero) is 1. The van der Waals surface area contributed by atoms with Crippen molar-refractivity contribution in [2.45, 2.75) is 45.8 Å². The minimum absolute atomic E-state index is 0.0331. The number of ketones is 1. The number of aliphatic hydroxyl groups excluding tert-OH is 1. The van der Waals surface area contributed by atoms with E-state index in [-0.39, 0.29) is 12.4 Å². The van der Waals surface area contributed by atoms with E-state index in [9.17, 15) is 9.90 Å². The second-order valence-corrected chi connectivity index (χ2v) is 5.14. The van der Waals surface area contributed by atoms with Crippen molar-refractivity contribution in [2.24, 2.45) is 0 Å². The van der Waals surface area contributed by atoms with Crippen LogP contribution >= 0.6 is 0 Å². The van der Waals surface area contributed by atoms with Gasteiger partial charge in [0.25, 0.3) is 0 Å². The van der Waals surface area contributed by atoms with Gasteiger partial charge in [-0.2, -0.15) is 0 Å². The lowest BCUT2D eigenvalue weighted by atomic mass is 10.1. The van der Waals surface area contributed by atoms with Crippen molar-refractivity contribution in [3.8, 4) is 5.75 Å². The van der Waals surface area contributed by atoms with Crippen molar-refractivity contribution in [2.75, 3.05) is 13.2 Å². The molecule has 20 heavy (non-hydrogen) atoms. The van der Waals surface area contributed by atoms with Crippen molar-refractivity contribution in [1.29, 1.82) is 0 Å². The molecule has 1 aromatic rings. The molecule has 1 rings (SSSR count). The zero-order chi connectivity index (χ0) is 15.0. The van der Waals surface area contributed by atoms with Gasteiger partial charge < -0.3 is 15.2 Å². The number of hydrogen-bond donors (Lipinski definition) is 2. The molecule has 0 unspecified atom stereocenters. The van der Waals surface area contributed by atoms with Crippen molar-refractivity contribution in [1.82, 2.24) is 5.32 Å². The van der Waals surface area contributed by atoms with Gasteiger partial charge in [-0.3, -0.25) is 4.79 Å². The summed E-state index contributed by atoms with van der Waals surface area (Å²) in [5, 5.41) is 13.1. The van der Waals surface area contributed by atoms with Gasteiger partial charge in [0.2, 0.25) is 0 Å². The number of hydrogen-bond acceptors (Lipinski definition) is 4. The molecule has 4 heteroatoms. The lowest BCUT2D eigenvalue weighted by molar-refractivity contribution is 0.101. The first-order valence-electron chi connectivity index (χ1n) is 7.18. The first-order valence-corrected chi connectivity index (χ1v) is 7.18. The summed E-state index contributed by atoms with van der Waals surface area (Å²) in [6.45, 7) is 6.54. The Morgan fingerprint density at radius 3 is 2.55 bits per heavy atom. The molecule has 0 amide bonds. The molecular formula is C16H25NO3. The normalized spacial score (nSPS) is 13.8. The average molecular weight is 279 g/mol. The summed E-state index contributed by atoms with van der Waals surface area (Å²) < 4.78 is 5.49. The summed E-state index contributed by atoms with van der Waals surface area (Å²) in [4.78, 5) is 11.1. The third kappa shape index (κ3) is 6.17. The number of carbonyl (C=O) groups is 1. The second kappa shape index (κ2) is 8.72. The van der Waals surface area contributed by atoms with Gasteiger partial charge in [0, 0.05) is 18.2 Å². The third-order valence-electron chi connectivity index (χ3n) is 3.13. The van der Waals surface area contributed by atoms with Gasteiger partial charge in [0.1, 0.15) is 18.5 Å². The van der Waals surface area contributed by atoms with E-state index in [0.717, 1.165) is 12.8 Å². The minimum atomic E-state index is -0.540. The van der Waals surface area contributed by atoms with Crippen LogP contribution in [0, 0.1) is 0 Å². The Labute approximate surface area is 121 Å². The van der Waals surface area contributed by atoms with Crippen LogP contribution in [-0.4, -0.2) is 36.2 Å². The highest BCUT2D eigenvalue weighted by molar-refractivity contribution is 5.94. The van der Waals surface area contributed by atoms with Gasteiger partial charge in [-0.25, -0.2) is 0 Å². The van der Waals surface area contributed by atoms with Gasteiger partial charge in [-0.15, -0.1) is 0 Å². The Kier molecular flexibility index (Phi) is 7.26. The molecule has 112 valence electrons. The van der Waals surface area contributed by atoms with E-state index in [1.165, 1.54) is 6.92 Å². The van der Waals surface area contributed by atoms with E-state index < -0.39 is 6.10 Å². The van der Waals surface area contributed by atoms with Crippen molar-refractivity contribution < 1.29 is 14.6 Å². The summed E-state index contributed by atoms with van der Waals surface area (Å²) >= 11 is 0. The molecule has 0 aliphatic carbocycles. The monoisotopic (exact) mass is 279 g/mol. The molecule has 0 aliphatic heterocycles. The Morgan fingerprint density at radius 2 is 2.00 bits per heavy atom. The fraction of sp³-hybridized carbons (Fsp3) is 0.562. The van der Waals surface area contributed by atoms with E-state index in [2.05, 4.69) is 19.2 Å². The lowest BCUT2D eigenvalue weighted by Crippen LogP contribution is -2.36. The second-order valence-electron chi connectivity index (χ2n) is 5.14. The van der Waals surface area contributed by atoms with Crippen LogP contribution in [0.3, 0.4) is 0 Å². The quantitative estimate of drug-likeness (QED) is 0.682. The van der Waals surface area contributed by atoms with E-state index in [0.29, 0.717) is 23.9 Å². The summed E-state index contributed by atoms with van der Waals surface area (Å²) in [5.41, 5.74) is 0.660. The van der Waals surface area contributed by atoms with E-state index in [1.54, 1.807) is 24.3 Å². The topological polar surface area (TPSA) is 58.6 Å². The lowest BCUT2D eigenvalue weighted by Gasteiger charge is -2.17. The van der Waals surface area contributed by atoms with Gasteiger partial charge in [0.15, 0.2) is 5.78 Å². The zero-order valence-corrected chi connectivity index (χ0v) is 12.6. The van der Waals surface area contributed by atoms with E-state index >= 15 is 0 Å². The molecule has 0 saturated carbocycles. The molecule has 0 radical (unpaired) electrons. The molecule has 0 saturated heterocycles. The maximum absolute atomic E-state index is 11.1. The number of ether oxygens (including phenoxy) is 1. The predicted octanol–water partition coefficient (Wildman–Crippen LogP) is 2.41. The summed E-state index contributed by atoms with van der Waals surface area (Å²) in [6.07, 6.45) is 1.69. The molecule has 0 aliphatic rings. The maximum Gasteiger partial charge on any atom is 0.159 e. The van der Waals surface area contributed by atoms with Crippen molar-refractivity contribution >= 4 is 5.78 Å². The number of benzene rings is 1. The number of rotatable bonds is 9. The van der Waals surface area contributed by atoms with Crippen LogP contribution in [0.5, 0.6) is 5.75 Å². The molecule has 0 heterocycles. The highest BCUT2D eigenvalue weighted by atomic mass is 16.5. The van der Waals surface area contributed by atoms with Gasteiger partial charge in [-0.1, -0.05) is 13.3 Å². The Morgan fingerprint density at radius 1 is 1.35 bits per heavy atom. The highest BCUT2D eigenvalue weighted by Crippen LogP contribution is 2.12. The van der Waals surface area contributed by atoms with Crippen LogP contribution in [0.1, 0.15) is 44.0 Å². The van der Waals surface area contributed by atoms with Gasteiger partial charge in [-0.05, 0) is 44.5 Å². The van der Waals surface area contributed by atoms with Crippen LogP contribution in [0.25, 0.3) is 0 Å². The number of aliphatic hydroxyl groups is 1. The Hall–Kier alpha value is -1.39. The highest BCUT2D eigenvalue weighted by Gasteiger charge is 2.08. The van der Waals surface area contributed by atoms with Gasteiger partial charge in [0.05, 0.1) is 0 Å². The molecule has 1 aromatic carbocycles. The Bertz CT molecular complexity index is 403. The molecule has 0 spiro atoms. The molecule has 0 fully saturated rings. The SMILES string of the molecule is CCC[C@@H](C)NC[C@H](O)COc1ccc(C(C)=O)cc1. The fourth-order valence-electron chi connectivity index (χ4n) is 1.91. The zero-order valence-electron chi connectivity index (χ0n) is 12.6. The summed E-state index contributed by atoms with van der Waals surface area (Å²) in [5.74, 6) is 0.696. The molecule has 0 aromatic heterocycles. The smallest absolute Gasteiger partial charge is 0.159 e. The third-order valence-corrected chi connectivity index (χ3v) is 3.13. The number of carbonyl (C=O) groups excluding carboxylic acids is 1. The molecule has 2 N–H and O–H groups in total. The minimum Gasteiger partial charge on any atom is -0.491 e. The molecule has 0 bridgehead atoms. The molecule has 2 atom stereocenters. The van der Waals surface area contributed by atoms with E-state index in [1.807, 2.05) is 0 Å². The summed E-state index contributed by atoms with van der Waals surface area (Å²) in [7, 11) is 0. The van der Waals surface area contributed by atoms with Crippen LogP contribution < -0.4 is 10.1 Å². The predicted molar refractivity (Wildman–Crippen MR) is 80.3 cm³/mol. The largest absolute Gasteiger partial charge is 0.491 e. The van der Waals surface area contributed by atoms with Gasteiger partial charge >= 0.3 is 0 Å². The molecular weight excluding hydrogens is 254 g/mol. The first-order chi connectivity index (χ1) is 9.52. The van der Waals surface area contributed by atoms with Crippen LogP contribution in [0.15, 0.2) is 24.3 Å². The van der Waals surface area contributed by atoms with E-state index in [4.69, 9.17) is 4.74 Å². The average Bonchev–Trinajstić information content (AvgIpc) is 2.43. The molecule has 4 nitrogen and oxygen atoms in total. The first kappa shape index (κ1) is 16.7. The standard InChI is InChI=1S/C16H25NO3/c1-4-5-12(2)17-10-15(19)11-20-16-8-6-14(7-9-16)13(3)18/h6-9,12,15,17,19H,4-5,10-11H2,1-3H3/t12-,15+/m1/s1. The maximum atomic E-state index is 11.1. The number of nitrogens with one attached hydrogen (secondary N) is 1. The van der Waals surface area contributed by atoms with Crippen LogP contribution in [0.2, 0.25) is 0 Å². The Balaban J connectivity index is 2.30. The fourth-order valence-corrected chi connectivity index (χ4v) is 1.91.